The SMILES string of the molecule is CCOC(=O)c1cc(C(C)=O)ccc1NN=NCC#N. The molecule has 0 saturated carbocycles. The molecule has 1 aromatic carbocycles. The van der Waals surface area contributed by atoms with E-state index in [2.05, 4.69) is 15.8 Å². The minimum Gasteiger partial charge on any atom is -0.462 e. The van der Waals surface area contributed by atoms with Crippen LogP contribution in [-0.4, -0.2) is 24.9 Å². The molecule has 0 aliphatic carbocycles. The van der Waals surface area contributed by atoms with Crippen LogP contribution in [0.2, 0.25) is 0 Å². The van der Waals surface area contributed by atoms with Gasteiger partial charge in [-0.15, -0.1) is 0 Å². The van der Waals surface area contributed by atoms with Gasteiger partial charge in [0.05, 0.1) is 23.9 Å². The van der Waals surface area contributed by atoms with Crippen molar-refractivity contribution in [3.8, 4) is 6.07 Å². The van der Waals surface area contributed by atoms with Crippen molar-refractivity contribution in [1.82, 2.24) is 0 Å². The summed E-state index contributed by atoms with van der Waals surface area (Å²) in [4.78, 5) is 23.2. The summed E-state index contributed by atoms with van der Waals surface area (Å²) in [6, 6.07) is 6.33. The number of carbonyl (C=O) groups excluding carboxylic acids is 2. The Morgan fingerprint density at radius 3 is 2.80 bits per heavy atom. The Morgan fingerprint density at radius 1 is 1.45 bits per heavy atom. The molecule has 0 aliphatic rings. The lowest BCUT2D eigenvalue weighted by atomic mass is 10.1. The van der Waals surface area contributed by atoms with Crippen LogP contribution in [0.25, 0.3) is 0 Å². The molecule has 0 saturated heterocycles. The lowest BCUT2D eigenvalue weighted by Gasteiger charge is -2.09. The monoisotopic (exact) mass is 274 g/mol. The third-order valence-electron chi connectivity index (χ3n) is 2.30. The summed E-state index contributed by atoms with van der Waals surface area (Å²) in [5.41, 5.74) is 3.49. The highest BCUT2D eigenvalue weighted by Crippen LogP contribution is 2.19. The van der Waals surface area contributed by atoms with E-state index in [1.54, 1.807) is 19.1 Å². The van der Waals surface area contributed by atoms with Gasteiger partial charge in [0, 0.05) is 5.56 Å². The average molecular weight is 274 g/mol. The molecule has 0 heterocycles. The van der Waals surface area contributed by atoms with Gasteiger partial charge >= 0.3 is 5.97 Å². The lowest BCUT2D eigenvalue weighted by molar-refractivity contribution is 0.0527. The van der Waals surface area contributed by atoms with E-state index in [0.717, 1.165) is 0 Å². The van der Waals surface area contributed by atoms with Crippen LogP contribution in [0.3, 0.4) is 0 Å². The predicted molar refractivity (Wildman–Crippen MR) is 71.4 cm³/mol. The Morgan fingerprint density at radius 2 is 2.20 bits per heavy atom. The zero-order valence-corrected chi connectivity index (χ0v) is 11.2. The number of anilines is 1. The first-order valence-corrected chi connectivity index (χ1v) is 5.91. The number of esters is 1. The van der Waals surface area contributed by atoms with Gasteiger partial charge in [-0.3, -0.25) is 10.2 Å². The van der Waals surface area contributed by atoms with Crippen molar-refractivity contribution in [1.29, 1.82) is 5.26 Å². The molecule has 20 heavy (non-hydrogen) atoms. The Bertz CT molecular complexity index is 575. The zero-order chi connectivity index (χ0) is 15.0. The van der Waals surface area contributed by atoms with E-state index >= 15 is 0 Å². The van der Waals surface area contributed by atoms with Gasteiger partial charge in [0.2, 0.25) is 0 Å². The van der Waals surface area contributed by atoms with Crippen LogP contribution in [0.1, 0.15) is 34.6 Å². The van der Waals surface area contributed by atoms with Gasteiger partial charge in [0.15, 0.2) is 5.78 Å². The normalized spacial score (nSPS) is 10.1. The largest absolute Gasteiger partial charge is 0.462 e. The minimum atomic E-state index is -0.561. The molecule has 0 bridgehead atoms. The van der Waals surface area contributed by atoms with Crippen LogP contribution in [0.4, 0.5) is 5.69 Å². The van der Waals surface area contributed by atoms with Crippen LogP contribution in [0, 0.1) is 11.3 Å². The summed E-state index contributed by atoms with van der Waals surface area (Å²) in [6.07, 6.45) is 0. The van der Waals surface area contributed by atoms with Crippen molar-refractivity contribution in [3.05, 3.63) is 29.3 Å². The fourth-order valence-electron chi connectivity index (χ4n) is 1.39. The van der Waals surface area contributed by atoms with Gasteiger partial charge in [-0.25, -0.2) is 4.79 Å². The van der Waals surface area contributed by atoms with Crippen LogP contribution in [-0.2, 0) is 4.74 Å². The molecule has 0 radical (unpaired) electrons. The number of nitrogens with one attached hydrogen (secondary N) is 1. The van der Waals surface area contributed by atoms with Crippen LogP contribution >= 0.6 is 0 Å². The van der Waals surface area contributed by atoms with E-state index in [4.69, 9.17) is 10.00 Å². The van der Waals surface area contributed by atoms with Gasteiger partial charge in [-0.1, -0.05) is 5.22 Å². The summed E-state index contributed by atoms with van der Waals surface area (Å²) < 4.78 is 4.92. The Balaban J connectivity index is 3.06. The maximum absolute atomic E-state index is 11.8. The van der Waals surface area contributed by atoms with E-state index in [0.29, 0.717) is 11.3 Å². The van der Waals surface area contributed by atoms with Gasteiger partial charge < -0.3 is 4.74 Å². The summed E-state index contributed by atoms with van der Waals surface area (Å²) in [6.45, 7) is 3.22. The maximum atomic E-state index is 11.8. The highest BCUT2D eigenvalue weighted by atomic mass is 16.5. The second-order valence-electron chi connectivity index (χ2n) is 3.71. The number of ether oxygens (including phenoxy) is 1. The van der Waals surface area contributed by atoms with Crippen LogP contribution in [0.15, 0.2) is 28.5 Å². The fraction of sp³-hybridized carbons (Fsp3) is 0.308. The number of rotatable bonds is 6. The number of nitrogens with zero attached hydrogens (tertiary/aromatic N) is 3. The quantitative estimate of drug-likeness (QED) is 0.282. The molecule has 0 spiro atoms. The van der Waals surface area contributed by atoms with Gasteiger partial charge in [-0.05, 0) is 32.0 Å². The molecular formula is C13H14N4O3. The molecule has 1 aromatic rings. The van der Waals surface area contributed by atoms with Crippen LogP contribution < -0.4 is 5.43 Å². The Kier molecular flexibility index (Phi) is 5.84. The third kappa shape index (κ3) is 4.17. The second kappa shape index (κ2) is 7.63. The van der Waals surface area contributed by atoms with E-state index in [1.807, 2.05) is 0 Å². The van der Waals surface area contributed by atoms with E-state index in [9.17, 15) is 9.59 Å². The van der Waals surface area contributed by atoms with E-state index in [1.165, 1.54) is 19.1 Å². The molecular weight excluding hydrogens is 260 g/mol. The number of benzene rings is 1. The lowest BCUT2D eigenvalue weighted by Crippen LogP contribution is -2.09. The van der Waals surface area contributed by atoms with Crippen molar-refractivity contribution >= 4 is 17.4 Å². The van der Waals surface area contributed by atoms with Crippen molar-refractivity contribution < 1.29 is 14.3 Å². The number of Topliss-reactive ketones (excluding diaryl/α,β-unsaturated/α-hetero) is 1. The maximum Gasteiger partial charge on any atom is 0.340 e. The molecule has 0 amide bonds. The summed E-state index contributed by atoms with van der Waals surface area (Å²) in [5.74, 6) is -0.721. The third-order valence-corrected chi connectivity index (χ3v) is 2.30. The highest BCUT2D eigenvalue weighted by molar-refractivity contribution is 6.01. The molecule has 0 fully saturated rings. The number of hydrogen-bond donors (Lipinski definition) is 1. The van der Waals surface area contributed by atoms with Crippen molar-refractivity contribution in [2.45, 2.75) is 13.8 Å². The molecule has 1 rings (SSSR count). The molecule has 0 unspecified atom stereocenters. The first kappa shape index (κ1) is 15.3. The standard InChI is InChI=1S/C13H14N4O3/c1-3-20-13(19)11-8-10(9(2)18)4-5-12(11)16-17-15-7-6-14/h4-5,8H,3,7H2,1-2H3,(H,15,16). The highest BCUT2D eigenvalue weighted by Gasteiger charge is 2.14. The first-order chi connectivity index (χ1) is 9.60. The number of carbonyl (C=O) groups is 2. The molecule has 7 nitrogen and oxygen atoms in total. The Labute approximate surface area is 116 Å². The van der Waals surface area contributed by atoms with Gasteiger partial charge in [0.1, 0.15) is 6.54 Å². The van der Waals surface area contributed by atoms with Gasteiger partial charge in [0.25, 0.3) is 0 Å². The molecule has 0 aliphatic heterocycles. The van der Waals surface area contributed by atoms with Gasteiger partial charge in [-0.2, -0.15) is 10.4 Å². The molecule has 1 N–H and O–H groups in total. The minimum absolute atomic E-state index is 0.0900. The smallest absolute Gasteiger partial charge is 0.340 e. The average Bonchev–Trinajstić information content (AvgIpc) is 2.43. The topological polar surface area (TPSA) is 104 Å². The van der Waals surface area contributed by atoms with Crippen molar-refractivity contribution in [2.24, 2.45) is 10.3 Å². The predicted octanol–water partition coefficient (Wildman–Crippen LogP) is 2.37. The van der Waals surface area contributed by atoms with Crippen molar-refractivity contribution in [3.63, 3.8) is 0 Å². The van der Waals surface area contributed by atoms with E-state index in [-0.39, 0.29) is 24.5 Å². The number of ketones is 1. The molecule has 0 atom stereocenters. The first-order valence-electron chi connectivity index (χ1n) is 5.91. The number of hydrogen-bond acceptors (Lipinski definition) is 6. The Hall–Kier alpha value is -2.75. The van der Waals surface area contributed by atoms with Crippen LogP contribution in [0.5, 0.6) is 0 Å². The number of nitriles is 1. The summed E-state index contributed by atoms with van der Waals surface area (Å²) in [7, 11) is 0. The zero-order valence-electron chi connectivity index (χ0n) is 11.2. The second-order valence-corrected chi connectivity index (χ2v) is 3.71. The van der Waals surface area contributed by atoms with Crippen molar-refractivity contribution in [2.75, 3.05) is 18.6 Å². The molecule has 0 aromatic heterocycles. The summed E-state index contributed by atoms with van der Waals surface area (Å²) >= 11 is 0. The molecule has 104 valence electrons. The molecule has 7 heteroatoms. The summed E-state index contributed by atoms with van der Waals surface area (Å²) in [5, 5.41) is 15.4. The fourth-order valence-corrected chi connectivity index (χ4v) is 1.39. The van der Waals surface area contributed by atoms with E-state index < -0.39 is 5.97 Å².